The van der Waals surface area contributed by atoms with Gasteiger partial charge in [-0.2, -0.15) is 5.10 Å². The van der Waals surface area contributed by atoms with Crippen LogP contribution >= 0.6 is 0 Å². The summed E-state index contributed by atoms with van der Waals surface area (Å²) in [7, 11) is 0. The third-order valence-corrected chi connectivity index (χ3v) is 2.90. The first-order valence-electron chi connectivity index (χ1n) is 6.20. The Hall–Kier alpha value is -1.65. The lowest BCUT2D eigenvalue weighted by Gasteiger charge is -2.09. The molecule has 18 heavy (non-hydrogen) atoms. The van der Waals surface area contributed by atoms with Gasteiger partial charge in [0, 0.05) is 25.3 Å². The van der Waals surface area contributed by atoms with Crippen molar-refractivity contribution < 1.29 is 5.11 Å². The van der Waals surface area contributed by atoms with Gasteiger partial charge in [-0.05, 0) is 11.5 Å². The monoisotopic (exact) mass is 245 g/mol. The van der Waals surface area contributed by atoms with E-state index in [-0.39, 0.29) is 12.5 Å². The van der Waals surface area contributed by atoms with E-state index in [9.17, 15) is 0 Å². The van der Waals surface area contributed by atoms with E-state index in [0.29, 0.717) is 0 Å². The Morgan fingerprint density at radius 2 is 2.11 bits per heavy atom. The van der Waals surface area contributed by atoms with Crippen molar-refractivity contribution in [3.8, 4) is 11.3 Å². The van der Waals surface area contributed by atoms with Crippen LogP contribution in [0.4, 0.5) is 0 Å². The van der Waals surface area contributed by atoms with E-state index in [0.717, 1.165) is 29.9 Å². The normalized spacial score (nSPS) is 12.6. The fourth-order valence-electron chi connectivity index (χ4n) is 1.82. The lowest BCUT2D eigenvalue weighted by atomic mass is 10.1. The highest BCUT2D eigenvalue weighted by molar-refractivity contribution is 5.62. The standard InChI is InChI=1S/C14H19N3O/c1-11(10-18)7-15-8-13-9-16-17-14(13)12-5-3-2-4-6-12/h2-6,9,11,15,18H,7-8,10H2,1H3,(H,16,17). The van der Waals surface area contributed by atoms with Crippen LogP contribution in [-0.2, 0) is 6.54 Å². The summed E-state index contributed by atoms with van der Waals surface area (Å²) in [6.45, 7) is 3.78. The van der Waals surface area contributed by atoms with Gasteiger partial charge in [-0.25, -0.2) is 0 Å². The lowest BCUT2D eigenvalue weighted by Crippen LogP contribution is -2.22. The predicted octanol–water partition coefficient (Wildman–Crippen LogP) is 1.79. The van der Waals surface area contributed by atoms with Gasteiger partial charge in [0.1, 0.15) is 0 Å². The molecule has 1 unspecified atom stereocenters. The number of aliphatic hydroxyl groups is 1. The molecule has 4 nitrogen and oxygen atoms in total. The second-order valence-corrected chi connectivity index (χ2v) is 4.55. The molecule has 0 fully saturated rings. The van der Waals surface area contributed by atoms with Crippen molar-refractivity contribution >= 4 is 0 Å². The van der Waals surface area contributed by atoms with Gasteiger partial charge < -0.3 is 10.4 Å². The molecular weight excluding hydrogens is 226 g/mol. The summed E-state index contributed by atoms with van der Waals surface area (Å²) in [6.07, 6.45) is 1.85. The number of H-pyrrole nitrogens is 1. The predicted molar refractivity (Wildman–Crippen MR) is 72.0 cm³/mol. The molecule has 1 aromatic heterocycles. The largest absolute Gasteiger partial charge is 0.396 e. The van der Waals surface area contributed by atoms with Crippen LogP contribution in [0.1, 0.15) is 12.5 Å². The fourth-order valence-corrected chi connectivity index (χ4v) is 1.82. The van der Waals surface area contributed by atoms with E-state index in [1.54, 1.807) is 0 Å². The quantitative estimate of drug-likeness (QED) is 0.727. The van der Waals surface area contributed by atoms with E-state index < -0.39 is 0 Å². The van der Waals surface area contributed by atoms with Crippen molar-refractivity contribution in [2.75, 3.05) is 13.2 Å². The molecule has 0 aliphatic heterocycles. The average molecular weight is 245 g/mol. The minimum absolute atomic E-state index is 0.212. The summed E-state index contributed by atoms with van der Waals surface area (Å²) in [6, 6.07) is 10.2. The maximum atomic E-state index is 8.97. The zero-order valence-electron chi connectivity index (χ0n) is 10.6. The maximum absolute atomic E-state index is 8.97. The molecule has 1 aromatic carbocycles. The minimum Gasteiger partial charge on any atom is -0.396 e. The van der Waals surface area contributed by atoms with E-state index in [2.05, 4.69) is 27.6 Å². The molecule has 0 radical (unpaired) electrons. The Bertz CT molecular complexity index is 467. The minimum atomic E-state index is 0.212. The first-order chi connectivity index (χ1) is 8.81. The summed E-state index contributed by atoms with van der Waals surface area (Å²) >= 11 is 0. The third-order valence-electron chi connectivity index (χ3n) is 2.90. The molecule has 3 N–H and O–H groups in total. The molecule has 0 aliphatic carbocycles. The van der Waals surface area contributed by atoms with Crippen LogP contribution in [0.25, 0.3) is 11.3 Å². The van der Waals surface area contributed by atoms with Crippen molar-refractivity contribution in [3.63, 3.8) is 0 Å². The van der Waals surface area contributed by atoms with Crippen LogP contribution < -0.4 is 5.32 Å². The van der Waals surface area contributed by atoms with Gasteiger partial charge in [-0.15, -0.1) is 0 Å². The number of aliphatic hydroxyl groups excluding tert-OH is 1. The highest BCUT2D eigenvalue weighted by Gasteiger charge is 2.07. The molecule has 2 rings (SSSR count). The Morgan fingerprint density at radius 1 is 1.33 bits per heavy atom. The topological polar surface area (TPSA) is 60.9 Å². The van der Waals surface area contributed by atoms with Gasteiger partial charge in [0.15, 0.2) is 0 Å². The molecule has 96 valence electrons. The van der Waals surface area contributed by atoms with E-state index in [4.69, 9.17) is 5.11 Å². The van der Waals surface area contributed by atoms with Crippen LogP contribution in [0, 0.1) is 5.92 Å². The van der Waals surface area contributed by atoms with Crippen molar-refractivity contribution in [2.45, 2.75) is 13.5 Å². The molecule has 1 atom stereocenters. The number of hydrogen-bond donors (Lipinski definition) is 3. The molecule has 0 saturated carbocycles. The molecular formula is C14H19N3O. The highest BCUT2D eigenvalue weighted by atomic mass is 16.3. The number of hydrogen-bond acceptors (Lipinski definition) is 3. The second-order valence-electron chi connectivity index (χ2n) is 4.55. The number of aromatic nitrogens is 2. The first kappa shape index (κ1) is 12.8. The maximum Gasteiger partial charge on any atom is 0.0695 e. The molecule has 4 heteroatoms. The number of aromatic amines is 1. The number of benzene rings is 1. The highest BCUT2D eigenvalue weighted by Crippen LogP contribution is 2.20. The molecule has 2 aromatic rings. The molecule has 0 amide bonds. The van der Waals surface area contributed by atoms with Gasteiger partial charge in [-0.3, -0.25) is 5.10 Å². The number of nitrogens with zero attached hydrogens (tertiary/aromatic N) is 1. The van der Waals surface area contributed by atoms with E-state index in [1.807, 2.05) is 31.3 Å². The Kier molecular flexibility index (Phi) is 4.50. The van der Waals surface area contributed by atoms with Gasteiger partial charge in [0.2, 0.25) is 0 Å². The van der Waals surface area contributed by atoms with Crippen molar-refractivity contribution in [1.29, 1.82) is 0 Å². The summed E-state index contributed by atoms with van der Waals surface area (Å²) < 4.78 is 0. The van der Waals surface area contributed by atoms with Crippen LogP contribution in [0.3, 0.4) is 0 Å². The van der Waals surface area contributed by atoms with E-state index >= 15 is 0 Å². The molecule has 0 saturated heterocycles. The van der Waals surface area contributed by atoms with E-state index in [1.165, 1.54) is 0 Å². The van der Waals surface area contributed by atoms with Gasteiger partial charge in [0.25, 0.3) is 0 Å². The lowest BCUT2D eigenvalue weighted by molar-refractivity contribution is 0.233. The number of nitrogens with one attached hydrogen (secondary N) is 2. The second kappa shape index (κ2) is 6.33. The van der Waals surface area contributed by atoms with Gasteiger partial charge in [-0.1, -0.05) is 37.3 Å². The zero-order chi connectivity index (χ0) is 12.8. The summed E-state index contributed by atoms with van der Waals surface area (Å²) in [5.41, 5.74) is 3.34. The van der Waals surface area contributed by atoms with Crippen LogP contribution in [0.15, 0.2) is 36.5 Å². The van der Waals surface area contributed by atoms with Crippen molar-refractivity contribution in [3.05, 3.63) is 42.1 Å². The molecule has 1 heterocycles. The van der Waals surface area contributed by atoms with Crippen molar-refractivity contribution in [2.24, 2.45) is 5.92 Å². The molecule has 0 bridgehead atoms. The van der Waals surface area contributed by atoms with Crippen LogP contribution in [0.2, 0.25) is 0 Å². The Morgan fingerprint density at radius 3 is 2.83 bits per heavy atom. The molecule has 0 aliphatic rings. The summed E-state index contributed by atoms with van der Waals surface area (Å²) in [4.78, 5) is 0. The summed E-state index contributed by atoms with van der Waals surface area (Å²) in [5, 5.41) is 19.4. The van der Waals surface area contributed by atoms with Gasteiger partial charge in [0.05, 0.1) is 11.9 Å². The third kappa shape index (κ3) is 3.18. The smallest absolute Gasteiger partial charge is 0.0695 e. The average Bonchev–Trinajstić information content (AvgIpc) is 2.88. The zero-order valence-corrected chi connectivity index (χ0v) is 10.6. The Labute approximate surface area is 107 Å². The Balaban J connectivity index is 2.00. The fraction of sp³-hybridized carbons (Fsp3) is 0.357. The number of rotatable bonds is 6. The van der Waals surface area contributed by atoms with Gasteiger partial charge >= 0.3 is 0 Å². The SMILES string of the molecule is CC(CO)CNCc1cn[nH]c1-c1ccccc1. The van der Waals surface area contributed by atoms with Crippen LogP contribution in [-0.4, -0.2) is 28.5 Å². The first-order valence-corrected chi connectivity index (χ1v) is 6.20. The van der Waals surface area contributed by atoms with Crippen LogP contribution in [0.5, 0.6) is 0 Å². The van der Waals surface area contributed by atoms with Crippen molar-refractivity contribution in [1.82, 2.24) is 15.5 Å². The molecule has 0 spiro atoms. The summed E-state index contributed by atoms with van der Waals surface area (Å²) in [5.74, 6) is 0.275.